The van der Waals surface area contributed by atoms with E-state index in [4.69, 9.17) is 14.2 Å². The van der Waals surface area contributed by atoms with Gasteiger partial charge in [-0.1, -0.05) is 0 Å². The number of hydrogen-bond donors (Lipinski definition) is 1. The molecule has 0 amide bonds. The fourth-order valence-electron chi connectivity index (χ4n) is 1.57. The monoisotopic (exact) mass is 226 g/mol. The summed E-state index contributed by atoms with van der Waals surface area (Å²) in [6.07, 6.45) is 0.0933. The van der Waals surface area contributed by atoms with Gasteiger partial charge < -0.3 is 19.3 Å². The first-order valence-electron chi connectivity index (χ1n) is 5.09. The van der Waals surface area contributed by atoms with Crippen LogP contribution in [0, 0.1) is 0 Å². The first kappa shape index (κ1) is 12.6. The topological polar surface area (TPSA) is 47.9 Å². The Kier molecular flexibility index (Phi) is 4.43. The van der Waals surface area contributed by atoms with Gasteiger partial charge in [0.25, 0.3) is 0 Å². The molecule has 0 saturated carbocycles. The number of rotatable bonds is 5. The number of benzene rings is 1. The normalized spacial score (nSPS) is 12.1. The van der Waals surface area contributed by atoms with Gasteiger partial charge in [0.15, 0.2) is 11.5 Å². The first-order chi connectivity index (χ1) is 7.62. The minimum absolute atomic E-state index is 0.424. The molecule has 4 nitrogen and oxygen atoms in total. The van der Waals surface area contributed by atoms with Crippen LogP contribution in [0.2, 0.25) is 0 Å². The Morgan fingerprint density at radius 2 is 1.50 bits per heavy atom. The van der Waals surface area contributed by atoms with Crippen LogP contribution < -0.4 is 14.2 Å². The minimum atomic E-state index is -0.424. The van der Waals surface area contributed by atoms with Crippen LogP contribution in [-0.4, -0.2) is 32.5 Å². The van der Waals surface area contributed by atoms with Gasteiger partial charge in [0.2, 0.25) is 0 Å². The van der Waals surface area contributed by atoms with Crippen LogP contribution in [0.25, 0.3) is 0 Å². The highest BCUT2D eigenvalue weighted by atomic mass is 16.5. The summed E-state index contributed by atoms with van der Waals surface area (Å²) in [6, 6.07) is 3.58. The van der Waals surface area contributed by atoms with Gasteiger partial charge in [-0.25, -0.2) is 0 Å². The Morgan fingerprint density at radius 3 is 1.94 bits per heavy atom. The van der Waals surface area contributed by atoms with E-state index in [1.807, 2.05) is 6.07 Å². The quantitative estimate of drug-likeness (QED) is 0.829. The molecule has 16 heavy (non-hydrogen) atoms. The fraction of sp³-hybridized carbons (Fsp3) is 0.500. The van der Waals surface area contributed by atoms with Crippen LogP contribution in [0.3, 0.4) is 0 Å². The predicted octanol–water partition coefficient (Wildman–Crippen LogP) is 1.64. The van der Waals surface area contributed by atoms with Gasteiger partial charge in [0.1, 0.15) is 5.75 Å². The van der Waals surface area contributed by atoms with Crippen molar-refractivity contribution in [3.63, 3.8) is 0 Å². The van der Waals surface area contributed by atoms with Crippen molar-refractivity contribution in [2.75, 3.05) is 21.3 Å². The molecule has 90 valence electrons. The highest BCUT2D eigenvalue weighted by Gasteiger charge is 2.12. The molecule has 1 unspecified atom stereocenters. The van der Waals surface area contributed by atoms with E-state index in [1.165, 1.54) is 0 Å². The van der Waals surface area contributed by atoms with Gasteiger partial charge in [-0.2, -0.15) is 0 Å². The molecule has 1 aromatic carbocycles. The second-order valence-electron chi connectivity index (χ2n) is 3.57. The van der Waals surface area contributed by atoms with Gasteiger partial charge in [0.05, 0.1) is 27.4 Å². The molecule has 1 atom stereocenters. The maximum Gasteiger partial charge on any atom is 0.164 e. The SMILES string of the molecule is COc1cc(OC)c(OC)cc1CC(C)O. The third-order valence-corrected chi connectivity index (χ3v) is 2.30. The van der Waals surface area contributed by atoms with Crippen molar-refractivity contribution in [2.45, 2.75) is 19.4 Å². The number of aliphatic hydroxyl groups excluding tert-OH is 1. The van der Waals surface area contributed by atoms with Gasteiger partial charge in [-0.05, 0) is 13.0 Å². The fourth-order valence-corrected chi connectivity index (χ4v) is 1.57. The molecule has 1 aromatic rings. The number of methoxy groups -OCH3 is 3. The molecule has 0 fully saturated rings. The third-order valence-electron chi connectivity index (χ3n) is 2.30. The lowest BCUT2D eigenvalue weighted by molar-refractivity contribution is 0.194. The molecule has 0 saturated heterocycles. The maximum atomic E-state index is 9.39. The summed E-state index contributed by atoms with van der Waals surface area (Å²) >= 11 is 0. The Labute approximate surface area is 95.8 Å². The molecule has 0 aliphatic rings. The zero-order chi connectivity index (χ0) is 12.1. The minimum Gasteiger partial charge on any atom is -0.496 e. The molecule has 0 bridgehead atoms. The van der Waals surface area contributed by atoms with Gasteiger partial charge >= 0.3 is 0 Å². The molecule has 0 radical (unpaired) electrons. The summed E-state index contributed by atoms with van der Waals surface area (Å²) in [5.74, 6) is 1.95. The van der Waals surface area contributed by atoms with Crippen molar-refractivity contribution in [3.8, 4) is 17.2 Å². The van der Waals surface area contributed by atoms with E-state index in [1.54, 1.807) is 34.3 Å². The van der Waals surface area contributed by atoms with E-state index in [0.717, 1.165) is 5.56 Å². The zero-order valence-electron chi connectivity index (χ0n) is 10.1. The smallest absolute Gasteiger partial charge is 0.164 e. The lowest BCUT2D eigenvalue weighted by Gasteiger charge is -2.14. The molecule has 0 aliphatic carbocycles. The Bertz CT molecular complexity index is 347. The maximum absolute atomic E-state index is 9.39. The number of hydrogen-bond acceptors (Lipinski definition) is 4. The molecule has 0 aliphatic heterocycles. The van der Waals surface area contributed by atoms with Gasteiger partial charge in [0, 0.05) is 18.1 Å². The second kappa shape index (κ2) is 5.61. The standard InChI is InChI=1S/C12H18O4/c1-8(13)5-9-6-11(15-3)12(16-4)7-10(9)14-2/h6-8,13H,5H2,1-4H3. The van der Waals surface area contributed by atoms with Crippen LogP contribution >= 0.6 is 0 Å². The highest BCUT2D eigenvalue weighted by molar-refractivity contribution is 5.50. The molecular weight excluding hydrogens is 208 g/mol. The van der Waals surface area contributed by atoms with Gasteiger partial charge in [-0.15, -0.1) is 0 Å². The van der Waals surface area contributed by atoms with E-state index in [9.17, 15) is 5.11 Å². The number of aliphatic hydroxyl groups is 1. The molecule has 1 rings (SSSR count). The van der Waals surface area contributed by atoms with E-state index in [2.05, 4.69) is 0 Å². The van der Waals surface area contributed by atoms with Crippen molar-refractivity contribution in [1.82, 2.24) is 0 Å². The summed E-state index contributed by atoms with van der Waals surface area (Å²) in [5, 5.41) is 9.39. The van der Waals surface area contributed by atoms with Crippen LogP contribution in [0.5, 0.6) is 17.2 Å². The van der Waals surface area contributed by atoms with E-state index in [0.29, 0.717) is 23.7 Å². The Balaban J connectivity index is 3.15. The largest absolute Gasteiger partial charge is 0.496 e. The second-order valence-corrected chi connectivity index (χ2v) is 3.57. The Hall–Kier alpha value is -1.42. The van der Waals surface area contributed by atoms with Crippen LogP contribution in [-0.2, 0) is 6.42 Å². The highest BCUT2D eigenvalue weighted by Crippen LogP contribution is 2.35. The zero-order valence-corrected chi connectivity index (χ0v) is 10.1. The van der Waals surface area contributed by atoms with Crippen LogP contribution in [0.4, 0.5) is 0 Å². The predicted molar refractivity (Wildman–Crippen MR) is 61.5 cm³/mol. The van der Waals surface area contributed by atoms with E-state index < -0.39 is 6.10 Å². The van der Waals surface area contributed by atoms with Gasteiger partial charge in [-0.3, -0.25) is 0 Å². The third kappa shape index (κ3) is 2.79. The average Bonchev–Trinajstić information content (AvgIpc) is 2.27. The summed E-state index contributed by atoms with van der Waals surface area (Å²) in [5.41, 5.74) is 0.898. The average molecular weight is 226 g/mol. The Morgan fingerprint density at radius 1 is 1.00 bits per heavy atom. The molecule has 1 N–H and O–H groups in total. The van der Waals surface area contributed by atoms with Crippen molar-refractivity contribution >= 4 is 0 Å². The van der Waals surface area contributed by atoms with E-state index >= 15 is 0 Å². The van der Waals surface area contributed by atoms with E-state index in [-0.39, 0.29) is 0 Å². The van der Waals surface area contributed by atoms with Crippen molar-refractivity contribution in [1.29, 1.82) is 0 Å². The molecule has 0 spiro atoms. The van der Waals surface area contributed by atoms with Crippen molar-refractivity contribution in [3.05, 3.63) is 17.7 Å². The summed E-state index contributed by atoms with van der Waals surface area (Å²) in [7, 11) is 4.74. The number of ether oxygens (including phenoxy) is 3. The summed E-state index contributed by atoms with van der Waals surface area (Å²) in [6.45, 7) is 1.73. The molecule has 0 heterocycles. The molecule has 4 heteroatoms. The van der Waals surface area contributed by atoms with Crippen LogP contribution in [0.1, 0.15) is 12.5 Å². The van der Waals surface area contributed by atoms with Crippen LogP contribution in [0.15, 0.2) is 12.1 Å². The van der Waals surface area contributed by atoms with Crippen molar-refractivity contribution in [2.24, 2.45) is 0 Å². The lowest BCUT2D eigenvalue weighted by atomic mass is 10.1. The lowest BCUT2D eigenvalue weighted by Crippen LogP contribution is -2.06. The molecular formula is C12H18O4. The molecule has 0 aromatic heterocycles. The first-order valence-corrected chi connectivity index (χ1v) is 5.09. The summed E-state index contributed by atoms with van der Waals surface area (Å²) < 4.78 is 15.6. The van der Waals surface area contributed by atoms with Crippen molar-refractivity contribution < 1.29 is 19.3 Å². The summed E-state index contributed by atoms with van der Waals surface area (Å²) in [4.78, 5) is 0.